The van der Waals surface area contributed by atoms with Crippen molar-refractivity contribution in [1.82, 2.24) is 15.2 Å². The SMILES string of the molecule is Cc1c(CNCCC(=O)NC(C)(C)C)cc(C#N)n1C. The highest BCUT2D eigenvalue weighted by atomic mass is 16.1. The lowest BCUT2D eigenvalue weighted by Gasteiger charge is -2.20. The van der Waals surface area contributed by atoms with Crippen LogP contribution in [0.25, 0.3) is 0 Å². The number of carbonyl (C=O) groups excluding carboxylic acids is 1. The van der Waals surface area contributed by atoms with Crippen molar-refractivity contribution in [2.75, 3.05) is 6.54 Å². The zero-order valence-electron chi connectivity index (χ0n) is 13.0. The Labute approximate surface area is 121 Å². The summed E-state index contributed by atoms with van der Waals surface area (Å²) in [6.45, 7) is 9.19. The van der Waals surface area contributed by atoms with Gasteiger partial charge in [-0.1, -0.05) is 0 Å². The predicted molar refractivity (Wildman–Crippen MR) is 79.1 cm³/mol. The van der Waals surface area contributed by atoms with E-state index in [1.165, 1.54) is 0 Å². The van der Waals surface area contributed by atoms with Crippen molar-refractivity contribution in [2.24, 2.45) is 7.05 Å². The van der Waals surface area contributed by atoms with Crippen LogP contribution in [0.4, 0.5) is 0 Å². The van der Waals surface area contributed by atoms with Crippen LogP contribution < -0.4 is 10.6 Å². The van der Waals surface area contributed by atoms with E-state index in [9.17, 15) is 4.79 Å². The van der Waals surface area contributed by atoms with Crippen LogP contribution in [-0.2, 0) is 18.4 Å². The van der Waals surface area contributed by atoms with Crippen LogP contribution in [0.2, 0.25) is 0 Å². The zero-order chi connectivity index (χ0) is 15.3. The van der Waals surface area contributed by atoms with Crippen LogP contribution in [-0.4, -0.2) is 22.6 Å². The van der Waals surface area contributed by atoms with Crippen LogP contribution in [0.5, 0.6) is 0 Å². The maximum atomic E-state index is 11.6. The van der Waals surface area contributed by atoms with Gasteiger partial charge in [-0.3, -0.25) is 4.79 Å². The summed E-state index contributed by atoms with van der Waals surface area (Å²) in [5.41, 5.74) is 2.65. The molecule has 0 atom stereocenters. The third kappa shape index (κ3) is 4.71. The third-order valence-corrected chi connectivity index (χ3v) is 3.11. The van der Waals surface area contributed by atoms with Gasteiger partial charge in [-0.15, -0.1) is 0 Å². The molecule has 20 heavy (non-hydrogen) atoms. The summed E-state index contributed by atoms with van der Waals surface area (Å²) in [4.78, 5) is 11.6. The topological polar surface area (TPSA) is 69.8 Å². The minimum atomic E-state index is -0.186. The summed E-state index contributed by atoms with van der Waals surface area (Å²) in [6.07, 6.45) is 0.453. The molecule has 1 amide bonds. The summed E-state index contributed by atoms with van der Waals surface area (Å²) in [5.74, 6) is 0.0486. The van der Waals surface area contributed by atoms with Crippen LogP contribution in [0.15, 0.2) is 6.07 Å². The van der Waals surface area contributed by atoms with Gasteiger partial charge in [0.2, 0.25) is 5.91 Å². The first-order chi connectivity index (χ1) is 9.24. The normalized spacial score (nSPS) is 11.2. The number of rotatable bonds is 5. The Kier molecular flexibility index (Phi) is 5.34. The van der Waals surface area contributed by atoms with Crippen LogP contribution >= 0.6 is 0 Å². The average molecular weight is 276 g/mol. The minimum absolute atomic E-state index is 0.0486. The van der Waals surface area contributed by atoms with Crippen LogP contribution in [0, 0.1) is 18.3 Å². The van der Waals surface area contributed by atoms with E-state index in [0.29, 0.717) is 25.2 Å². The lowest BCUT2D eigenvalue weighted by molar-refractivity contribution is -0.122. The molecular weight excluding hydrogens is 252 g/mol. The Morgan fingerprint density at radius 2 is 2.10 bits per heavy atom. The number of aromatic nitrogens is 1. The van der Waals surface area contributed by atoms with Gasteiger partial charge < -0.3 is 15.2 Å². The number of nitrogens with one attached hydrogen (secondary N) is 2. The summed E-state index contributed by atoms with van der Waals surface area (Å²) in [5, 5.41) is 15.1. The zero-order valence-corrected chi connectivity index (χ0v) is 13.0. The standard InChI is InChI=1S/C15H24N4O/c1-11-12(8-13(9-16)19(11)5)10-17-7-6-14(20)18-15(2,3)4/h8,17H,6-7,10H2,1-5H3,(H,18,20). The fourth-order valence-corrected chi connectivity index (χ4v) is 1.95. The highest BCUT2D eigenvalue weighted by Crippen LogP contribution is 2.12. The molecule has 0 unspecified atom stereocenters. The Balaban J connectivity index is 2.39. The first-order valence-electron chi connectivity index (χ1n) is 6.81. The van der Waals surface area contributed by atoms with Gasteiger partial charge in [0, 0.05) is 37.8 Å². The van der Waals surface area contributed by atoms with E-state index in [1.54, 1.807) is 0 Å². The molecule has 0 saturated heterocycles. The second kappa shape index (κ2) is 6.58. The number of carbonyl (C=O) groups is 1. The van der Waals surface area contributed by atoms with Gasteiger partial charge in [-0.25, -0.2) is 0 Å². The number of hydrogen-bond donors (Lipinski definition) is 2. The first kappa shape index (κ1) is 16.3. The summed E-state index contributed by atoms with van der Waals surface area (Å²) >= 11 is 0. The second-order valence-electron chi connectivity index (χ2n) is 6.04. The molecule has 0 bridgehead atoms. The van der Waals surface area contributed by atoms with Gasteiger partial charge >= 0.3 is 0 Å². The van der Waals surface area contributed by atoms with E-state index in [4.69, 9.17) is 5.26 Å². The predicted octanol–water partition coefficient (Wildman–Crippen LogP) is 1.60. The monoisotopic (exact) mass is 276 g/mol. The summed E-state index contributed by atoms with van der Waals surface area (Å²) in [6, 6.07) is 4.05. The van der Waals surface area contributed by atoms with Gasteiger partial charge in [0.15, 0.2) is 0 Å². The highest BCUT2D eigenvalue weighted by molar-refractivity contribution is 5.76. The van der Waals surface area contributed by atoms with Gasteiger partial charge in [0.05, 0.1) is 0 Å². The van der Waals surface area contributed by atoms with Crippen molar-refractivity contribution in [3.63, 3.8) is 0 Å². The summed E-state index contributed by atoms with van der Waals surface area (Å²) < 4.78 is 1.88. The molecule has 0 spiro atoms. The molecule has 0 saturated carbocycles. The second-order valence-corrected chi connectivity index (χ2v) is 6.04. The van der Waals surface area contributed by atoms with Gasteiger partial charge in [0.1, 0.15) is 11.8 Å². The molecule has 5 nitrogen and oxygen atoms in total. The fourth-order valence-electron chi connectivity index (χ4n) is 1.95. The number of amides is 1. The maximum Gasteiger partial charge on any atom is 0.221 e. The molecule has 110 valence electrons. The Hall–Kier alpha value is -1.80. The minimum Gasteiger partial charge on any atom is -0.351 e. The first-order valence-corrected chi connectivity index (χ1v) is 6.81. The van der Waals surface area contributed by atoms with Crippen molar-refractivity contribution in [2.45, 2.75) is 46.2 Å². The smallest absolute Gasteiger partial charge is 0.221 e. The molecule has 0 fully saturated rings. The molecule has 0 aliphatic rings. The van der Waals surface area contributed by atoms with E-state index in [0.717, 1.165) is 11.3 Å². The quantitative estimate of drug-likeness (QED) is 0.803. The van der Waals surface area contributed by atoms with E-state index < -0.39 is 0 Å². The Bertz CT molecular complexity index is 517. The van der Waals surface area contributed by atoms with Crippen molar-refractivity contribution >= 4 is 5.91 Å². The molecule has 1 aromatic rings. The van der Waals surface area contributed by atoms with E-state index >= 15 is 0 Å². The number of hydrogen-bond acceptors (Lipinski definition) is 3. The molecular formula is C15H24N4O. The lowest BCUT2D eigenvalue weighted by atomic mass is 10.1. The molecule has 1 heterocycles. The van der Waals surface area contributed by atoms with E-state index in [-0.39, 0.29) is 11.4 Å². The van der Waals surface area contributed by atoms with Crippen molar-refractivity contribution in [3.8, 4) is 6.07 Å². The summed E-state index contributed by atoms with van der Waals surface area (Å²) in [7, 11) is 1.88. The number of nitrogens with zero attached hydrogens (tertiary/aromatic N) is 2. The fraction of sp³-hybridized carbons (Fsp3) is 0.600. The number of nitriles is 1. The molecule has 0 aliphatic carbocycles. The maximum absolute atomic E-state index is 11.6. The van der Waals surface area contributed by atoms with Crippen molar-refractivity contribution < 1.29 is 4.79 Å². The van der Waals surface area contributed by atoms with E-state index in [1.807, 2.05) is 45.4 Å². The molecule has 1 rings (SSSR count). The molecule has 0 aliphatic heterocycles. The van der Waals surface area contributed by atoms with Gasteiger partial charge in [-0.05, 0) is 39.3 Å². The average Bonchev–Trinajstić information content (AvgIpc) is 2.60. The van der Waals surface area contributed by atoms with Crippen LogP contribution in [0.1, 0.15) is 44.1 Å². The van der Waals surface area contributed by atoms with Gasteiger partial charge in [0.25, 0.3) is 0 Å². The molecule has 2 N–H and O–H groups in total. The Morgan fingerprint density at radius 1 is 1.45 bits per heavy atom. The Morgan fingerprint density at radius 3 is 2.60 bits per heavy atom. The van der Waals surface area contributed by atoms with Crippen LogP contribution in [0.3, 0.4) is 0 Å². The van der Waals surface area contributed by atoms with Crippen molar-refractivity contribution in [3.05, 3.63) is 23.0 Å². The van der Waals surface area contributed by atoms with E-state index in [2.05, 4.69) is 16.7 Å². The molecule has 1 aromatic heterocycles. The largest absolute Gasteiger partial charge is 0.351 e. The molecule has 0 radical (unpaired) electrons. The lowest BCUT2D eigenvalue weighted by Crippen LogP contribution is -2.41. The highest BCUT2D eigenvalue weighted by Gasteiger charge is 2.13. The molecule has 5 heteroatoms. The van der Waals surface area contributed by atoms with Gasteiger partial charge in [-0.2, -0.15) is 5.26 Å². The third-order valence-electron chi connectivity index (χ3n) is 3.11. The van der Waals surface area contributed by atoms with Crippen molar-refractivity contribution in [1.29, 1.82) is 5.26 Å². The molecule has 0 aromatic carbocycles.